The first kappa shape index (κ1) is 15.5. The van der Waals surface area contributed by atoms with Gasteiger partial charge in [-0.3, -0.25) is 4.79 Å². The number of para-hydroxylation sites is 1. The van der Waals surface area contributed by atoms with Gasteiger partial charge in [-0.1, -0.05) is 26.0 Å². The molecule has 0 saturated heterocycles. The van der Waals surface area contributed by atoms with Gasteiger partial charge in [-0.05, 0) is 18.6 Å². The number of carboxylic acids is 1. The highest BCUT2D eigenvalue weighted by atomic mass is 32.2. The van der Waals surface area contributed by atoms with E-state index in [1.807, 2.05) is 6.92 Å². The van der Waals surface area contributed by atoms with Gasteiger partial charge >= 0.3 is 5.97 Å². The molecule has 0 radical (unpaired) electrons. The van der Waals surface area contributed by atoms with Crippen molar-refractivity contribution in [3.05, 3.63) is 24.3 Å². The number of anilines is 1. The van der Waals surface area contributed by atoms with Crippen molar-refractivity contribution in [3.8, 4) is 0 Å². The van der Waals surface area contributed by atoms with Crippen LogP contribution in [0, 0.1) is 0 Å². The number of carboxylic acid groups (broad SMARTS) is 1. The van der Waals surface area contributed by atoms with E-state index in [0.717, 1.165) is 6.42 Å². The van der Waals surface area contributed by atoms with Gasteiger partial charge in [0.25, 0.3) is 0 Å². The molecule has 0 aliphatic rings. The van der Waals surface area contributed by atoms with Crippen LogP contribution in [0.25, 0.3) is 0 Å². The van der Waals surface area contributed by atoms with Gasteiger partial charge in [0.15, 0.2) is 9.84 Å². The van der Waals surface area contributed by atoms with E-state index in [1.54, 1.807) is 30.0 Å². The second-order valence-corrected chi connectivity index (χ2v) is 6.43. The zero-order valence-electron chi connectivity index (χ0n) is 11.2. The third-order valence-electron chi connectivity index (χ3n) is 2.74. The third kappa shape index (κ3) is 3.96. The standard InChI is InChI=1S/C13H19NO4S/c1-3-9-14(10-13(15)16)11-7-5-6-8-12(11)19(17,18)4-2/h5-8H,3-4,9-10H2,1-2H3,(H,15,16). The van der Waals surface area contributed by atoms with Crippen LogP contribution in [-0.4, -0.2) is 38.3 Å². The lowest BCUT2D eigenvalue weighted by molar-refractivity contribution is -0.135. The lowest BCUT2D eigenvalue weighted by Gasteiger charge is -2.24. The van der Waals surface area contributed by atoms with Crippen molar-refractivity contribution in [2.24, 2.45) is 0 Å². The number of nitrogens with zero attached hydrogens (tertiary/aromatic N) is 1. The average molecular weight is 285 g/mol. The lowest BCUT2D eigenvalue weighted by atomic mass is 10.2. The molecule has 6 heteroatoms. The van der Waals surface area contributed by atoms with Gasteiger partial charge in [0.1, 0.15) is 6.54 Å². The molecule has 0 spiro atoms. The van der Waals surface area contributed by atoms with Crippen LogP contribution in [0.5, 0.6) is 0 Å². The Bertz CT molecular complexity index is 539. The highest BCUT2D eigenvalue weighted by Crippen LogP contribution is 2.26. The minimum atomic E-state index is -3.36. The zero-order chi connectivity index (χ0) is 14.5. The summed E-state index contributed by atoms with van der Waals surface area (Å²) in [6, 6.07) is 6.55. The van der Waals surface area contributed by atoms with Crippen LogP contribution in [0.4, 0.5) is 5.69 Å². The molecule has 0 fully saturated rings. The number of benzene rings is 1. The van der Waals surface area contributed by atoms with Crippen molar-refractivity contribution in [2.75, 3.05) is 23.7 Å². The normalized spacial score (nSPS) is 11.3. The van der Waals surface area contributed by atoms with Crippen LogP contribution in [-0.2, 0) is 14.6 Å². The summed E-state index contributed by atoms with van der Waals surface area (Å²) in [5, 5.41) is 8.93. The summed E-state index contributed by atoms with van der Waals surface area (Å²) in [6.45, 7) is 3.80. The average Bonchev–Trinajstić information content (AvgIpc) is 2.38. The van der Waals surface area contributed by atoms with Crippen LogP contribution in [0.2, 0.25) is 0 Å². The topological polar surface area (TPSA) is 74.7 Å². The second kappa shape index (κ2) is 6.56. The molecule has 0 aliphatic carbocycles. The predicted octanol–water partition coefficient (Wildman–Crippen LogP) is 1.78. The smallest absolute Gasteiger partial charge is 0.323 e. The van der Waals surface area contributed by atoms with E-state index < -0.39 is 15.8 Å². The number of rotatable bonds is 7. The van der Waals surface area contributed by atoms with Gasteiger partial charge in [0.05, 0.1) is 16.3 Å². The summed E-state index contributed by atoms with van der Waals surface area (Å²) < 4.78 is 24.1. The fraction of sp³-hybridized carbons (Fsp3) is 0.462. The first-order chi connectivity index (χ1) is 8.92. The molecule has 1 aromatic carbocycles. The molecule has 1 aromatic rings. The van der Waals surface area contributed by atoms with Gasteiger partial charge in [-0.2, -0.15) is 0 Å². The maximum atomic E-state index is 12.0. The second-order valence-electron chi connectivity index (χ2n) is 4.19. The van der Waals surface area contributed by atoms with Crippen molar-refractivity contribution < 1.29 is 18.3 Å². The molecule has 0 aromatic heterocycles. The molecule has 106 valence electrons. The van der Waals surface area contributed by atoms with Crippen LogP contribution in [0.3, 0.4) is 0 Å². The summed E-state index contributed by atoms with van der Waals surface area (Å²) in [7, 11) is -3.36. The molecule has 0 amide bonds. The Morgan fingerprint density at radius 2 is 1.89 bits per heavy atom. The Morgan fingerprint density at radius 1 is 1.26 bits per heavy atom. The molecule has 0 atom stereocenters. The maximum Gasteiger partial charge on any atom is 0.323 e. The summed E-state index contributed by atoms with van der Waals surface area (Å²) in [6.07, 6.45) is 0.744. The van der Waals surface area contributed by atoms with Crippen molar-refractivity contribution in [2.45, 2.75) is 25.2 Å². The molecule has 5 nitrogen and oxygen atoms in total. The van der Waals surface area contributed by atoms with E-state index >= 15 is 0 Å². The molecule has 0 heterocycles. The lowest BCUT2D eigenvalue weighted by Crippen LogP contribution is -2.31. The first-order valence-electron chi connectivity index (χ1n) is 6.21. The highest BCUT2D eigenvalue weighted by molar-refractivity contribution is 7.91. The Hall–Kier alpha value is -1.56. The van der Waals surface area contributed by atoms with E-state index in [1.165, 1.54) is 6.07 Å². The van der Waals surface area contributed by atoms with Crippen molar-refractivity contribution >= 4 is 21.5 Å². The minimum Gasteiger partial charge on any atom is -0.480 e. The molecule has 0 bridgehead atoms. The molecule has 0 unspecified atom stereocenters. The molecule has 0 saturated carbocycles. The van der Waals surface area contributed by atoms with E-state index in [9.17, 15) is 13.2 Å². The van der Waals surface area contributed by atoms with Crippen LogP contribution >= 0.6 is 0 Å². The predicted molar refractivity (Wildman–Crippen MR) is 74.3 cm³/mol. The van der Waals surface area contributed by atoms with Gasteiger partial charge in [0, 0.05) is 6.54 Å². The van der Waals surface area contributed by atoms with Gasteiger partial charge in [0.2, 0.25) is 0 Å². The van der Waals surface area contributed by atoms with Crippen molar-refractivity contribution in [1.82, 2.24) is 0 Å². The Balaban J connectivity index is 3.27. The Labute approximate surface area is 113 Å². The maximum absolute atomic E-state index is 12.0. The number of hydrogen-bond acceptors (Lipinski definition) is 4. The SMILES string of the molecule is CCCN(CC(=O)O)c1ccccc1S(=O)(=O)CC. The van der Waals surface area contributed by atoms with Crippen molar-refractivity contribution in [1.29, 1.82) is 0 Å². The zero-order valence-corrected chi connectivity index (χ0v) is 12.0. The Kier molecular flexibility index (Phi) is 5.35. The number of aliphatic carboxylic acids is 1. The third-order valence-corrected chi connectivity index (χ3v) is 4.52. The molecule has 0 aliphatic heterocycles. The minimum absolute atomic E-state index is 0.00293. The van der Waals surface area contributed by atoms with Crippen LogP contribution < -0.4 is 4.90 Å². The van der Waals surface area contributed by atoms with Crippen LogP contribution in [0.15, 0.2) is 29.2 Å². The number of hydrogen-bond donors (Lipinski definition) is 1. The van der Waals surface area contributed by atoms with E-state index in [0.29, 0.717) is 12.2 Å². The highest BCUT2D eigenvalue weighted by Gasteiger charge is 2.20. The quantitative estimate of drug-likeness (QED) is 0.826. The van der Waals surface area contributed by atoms with Gasteiger partial charge in [-0.15, -0.1) is 0 Å². The van der Waals surface area contributed by atoms with E-state index in [4.69, 9.17) is 5.11 Å². The number of carbonyl (C=O) groups is 1. The summed E-state index contributed by atoms with van der Waals surface area (Å²) in [5.41, 5.74) is 0.466. The summed E-state index contributed by atoms with van der Waals surface area (Å²) >= 11 is 0. The monoisotopic (exact) mass is 285 g/mol. The number of sulfone groups is 1. The van der Waals surface area contributed by atoms with Crippen LogP contribution in [0.1, 0.15) is 20.3 Å². The molecule has 19 heavy (non-hydrogen) atoms. The molecule has 1 N–H and O–H groups in total. The summed E-state index contributed by atoms with van der Waals surface area (Å²) in [5.74, 6) is -0.978. The van der Waals surface area contributed by atoms with Crippen molar-refractivity contribution in [3.63, 3.8) is 0 Å². The van der Waals surface area contributed by atoms with E-state index in [-0.39, 0.29) is 17.2 Å². The molecular weight excluding hydrogens is 266 g/mol. The van der Waals surface area contributed by atoms with Gasteiger partial charge < -0.3 is 10.0 Å². The van der Waals surface area contributed by atoms with E-state index in [2.05, 4.69) is 0 Å². The first-order valence-corrected chi connectivity index (χ1v) is 7.86. The largest absolute Gasteiger partial charge is 0.480 e. The summed E-state index contributed by atoms with van der Waals surface area (Å²) in [4.78, 5) is 12.7. The molecular formula is C13H19NO4S. The fourth-order valence-corrected chi connectivity index (χ4v) is 2.97. The fourth-order valence-electron chi connectivity index (χ4n) is 1.85. The van der Waals surface area contributed by atoms with Gasteiger partial charge in [-0.25, -0.2) is 8.42 Å². The Morgan fingerprint density at radius 3 is 2.42 bits per heavy atom. The molecule has 1 rings (SSSR count).